The minimum atomic E-state index is -0.905. The average Bonchev–Trinajstić information content (AvgIpc) is 2.42. The summed E-state index contributed by atoms with van der Waals surface area (Å²) < 4.78 is 9.52. The number of esters is 2. The highest BCUT2D eigenvalue weighted by Crippen LogP contribution is 2.19. The fraction of sp³-hybridized carbons (Fsp3) is 0.875. The molecule has 0 fully saturated rings. The lowest BCUT2D eigenvalue weighted by molar-refractivity contribution is -0.152. The highest BCUT2D eigenvalue weighted by molar-refractivity contribution is 5.85. The number of ether oxygens (including phenoxy) is 2. The van der Waals surface area contributed by atoms with Gasteiger partial charge in [0.25, 0.3) is 0 Å². The molecule has 0 aromatic carbocycles. The van der Waals surface area contributed by atoms with Gasteiger partial charge in [0, 0.05) is 0 Å². The van der Waals surface area contributed by atoms with Crippen LogP contribution < -0.4 is 5.73 Å². The molecule has 0 radical (unpaired) electrons. The first-order valence-corrected chi connectivity index (χ1v) is 7.77. The summed E-state index contributed by atoms with van der Waals surface area (Å²) >= 11 is 0. The van der Waals surface area contributed by atoms with Crippen LogP contribution in [0.1, 0.15) is 53.4 Å². The Hall–Kier alpha value is -0.810. The predicted octanol–water partition coefficient (Wildman–Crippen LogP) is 2.94. The standard InChI is InChI=1S/C16H31NO4.ClH/c1-11(2)9-12(3)7-6-8-13(4)15(18)21-10-14(17)16(19)20-5;/h11-14H,6-10,17H2,1-5H3;1H. The second-order valence-electron chi connectivity index (χ2n) is 6.33. The van der Waals surface area contributed by atoms with Gasteiger partial charge in [0.2, 0.25) is 0 Å². The van der Waals surface area contributed by atoms with E-state index in [0.29, 0.717) is 11.8 Å². The number of hydrogen-bond acceptors (Lipinski definition) is 5. The largest absolute Gasteiger partial charge is 0.468 e. The Bertz CT molecular complexity index is 323. The summed E-state index contributed by atoms with van der Waals surface area (Å²) in [4.78, 5) is 22.9. The van der Waals surface area contributed by atoms with Crippen LogP contribution in [0.5, 0.6) is 0 Å². The van der Waals surface area contributed by atoms with Crippen LogP contribution in [0, 0.1) is 17.8 Å². The molecule has 0 rings (SSSR count). The average molecular weight is 338 g/mol. The van der Waals surface area contributed by atoms with E-state index in [2.05, 4.69) is 25.5 Å². The predicted molar refractivity (Wildman–Crippen MR) is 89.8 cm³/mol. The number of halogens is 1. The first-order chi connectivity index (χ1) is 9.77. The van der Waals surface area contributed by atoms with E-state index in [1.807, 2.05) is 6.92 Å². The molecule has 0 spiro atoms. The summed E-state index contributed by atoms with van der Waals surface area (Å²) in [7, 11) is 1.25. The van der Waals surface area contributed by atoms with Crippen molar-refractivity contribution in [3.63, 3.8) is 0 Å². The number of nitrogens with two attached hydrogens (primary N) is 1. The number of carbonyl (C=O) groups is 2. The van der Waals surface area contributed by atoms with Crippen LogP contribution in [0.4, 0.5) is 0 Å². The van der Waals surface area contributed by atoms with Gasteiger partial charge in [0.05, 0.1) is 13.0 Å². The Morgan fingerprint density at radius 1 is 1.05 bits per heavy atom. The van der Waals surface area contributed by atoms with Crippen LogP contribution in [0.2, 0.25) is 0 Å². The molecule has 5 nitrogen and oxygen atoms in total. The molecule has 132 valence electrons. The van der Waals surface area contributed by atoms with Gasteiger partial charge in [-0.3, -0.25) is 9.59 Å². The van der Waals surface area contributed by atoms with E-state index < -0.39 is 12.0 Å². The Morgan fingerprint density at radius 2 is 1.64 bits per heavy atom. The zero-order valence-corrected chi connectivity index (χ0v) is 15.3. The number of hydrogen-bond donors (Lipinski definition) is 1. The van der Waals surface area contributed by atoms with Crippen molar-refractivity contribution in [3.05, 3.63) is 0 Å². The van der Waals surface area contributed by atoms with E-state index in [9.17, 15) is 9.59 Å². The molecule has 0 aromatic heterocycles. The lowest BCUT2D eigenvalue weighted by Crippen LogP contribution is -2.37. The molecule has 3 atom stereocenters. The van der Waals surface area contributed by atoms with Gasteiger partial charge >= 0.3 is 11.9 Å². The molecule has 0 saturated heterocycles. The van der Waals surface area contributed by atoms with Crippen LogP contribution in [0.25, 0.3) is 0 Å². The van der Waals surface area contributed by atoms with Gasteiger partial charge in [-0.25, -0.2) is 0 Å². The maximum Gasteiger partial charge on any atom is 0.326 e. The SMILES string of the molecule is COC(=O)C(N)COC(=O)C(C)CCCC(C)CC(C)C.Cl. The summed E-state index contributed by atoms with van der Waals surface area (Å²) in [6.07, 6.45) is 4.15. The molecule has 0 aliphatic carbocycles. The van der Waals surface area contributed by atoms with Crippen molar-refractivity contribution in [2.45, 2.75) is 59.4 Å². The Balaban J connectivity index is 0. The first kappa shape index (κ1) is 23.5. The Labute approximate surface area is 140 Å². The molecular weight excluding hydrogens is 306 g/mol. The molecule has 0 aliphatic heterocycles. The zero-order chi connectivity index (χ0) is 16.4. The third-order valence-electron chi connectivity index (χ3n) is 3.52. The van der Waals surface area contributed by atoms with Gasteiger partial charge < -0.3 is 15.2 Å². The van der Waals surface area contributed by atoms with Gasteiger partial charge in [0.15, 0.2) is 0 Å². The van der Waals surface area contributed by atoms with Crippen molar-refractivity contribution in [2.24, 2.45) is 23.5 Å². The first-order valence-electron chi connectivity index (χ1n) is 7.77. The minimum Gasteiger partial charge on any atom is -0.468 e. The summed E-state index contributed by atoms with van der Waals surface area (Å²) in [5, 5.41) is 0. The highest BCUT2D eigenvalue weighted by atomic mass is 35.5. The van der Waals surface area contributed by atoms with E-state index in [-0.39, 0.29) is 30.9 Å². The van der Waals surface area contributed by atoms with Crippen molar-refractivity contribution >= 4 is 24.3 Å². The second-order valence-corrected chi connectivity index (χ2v) is 6.33. The smallest absolute Gasteiger partial charge is 0.326 e. The van der Waals surface area contributed by atoms with Crippen molar-refractivity contribution in [3.8, 4) is 0 Å². The lowest BCUT2D eigenvalue weighted by Gasteiger charge is -2.16. The molecule has 0 aliphatic rings. The summed E-state index contributed by atoms with van der Waals surface area (Å²) in [6, 6.07) is -0.905. The van der Waals surface area contributed by atoms with E-state index >= 15 is 0 Å². The van der Waals surface area contributed by atoms with Crippen LogP contribution >= 0.6 is 12.4 Å². The van der Waals surface area contributed by atoms with Gasteiger partial charge in [-0.1, -0.05) is 40.5 Å². The summed E-state index contributed by atoms with van der Waals surface area (Å²) in [5.74, 6) is 0.355. The molecule has 0 bridgehead atoms. The number of methoxy groups -OCH3 is 1. The fourth-order valence-electron chi connectivity index (χ4n) is 2.35. The molecule has 0 heterocycles. The van der Waals surface area contributed by atoms with Gasteiger partial charge in [-0.15, -0.1) is 12.4 Å². The van der Waals surface area contributed by atoms with Crippen LogP contribution in [-0.2, 0) is 19.1 Å². The Morgan fingerprint density at radius 3 is 2.14 bits per heavy atom. The molecule has 3 unspecified atom stereocenters. The highest BCUT2D eigenvalue weighted by Gasteiger charge is 2.19. The molecule has 2 N–H and O–H groups in total. The normalized spacial score (nSPS) is 14.7. The number of rotatable bonds is 10. The topological polar surface area (TPSA) is 78.6 Å². The van der Waals surface area contributed by atoms with Crippen LogP contribution in [-0.4, -0.2) is 31.7 Å². The number of carbonyl (C=O) groups excluding carboxylic acids is 2. The maximum absolute atomic E-state index is 11.8. The van der Waals surface area contributed by atoms with Gasteiger partial charge in [-0.2, -0.15) is 0 Å². The van der Waals surface area contributed by atoms with Crippen LogP contribution in [0.3, 0.4) is 0 Å². The maximum atomic E-state index is 11.8. The quantitative estimate of drug-likeness (QED) is 0.620. The minimum absolute atomic E-state index is 0. The third-order valence-corrected chi connectivity index (χ3v) is 3.52. The molecule has 0 saturated carbocycles. The van der Waals surface area contributed by atoms with Crippen LogP contribution in [0.15, 0.2) is 0 Å². The van der Waals surface area contributed by atoms with Crippen molar-refractivity contribution in [1.29, 1.82) is 0 Å². The molecule has 6 heteroatoms. The molecule has 0 aromatic rings. The molecular formula is C16H32ClNO4. The lowest BCUT2D eigenvalue weighted by atomic mass is 9.92. The van der Waals surface area contributed by atoms with E-state index in [4.69, 9.17) is 10.5 Å². The summed E-state index contributed by atoms with van der Waals surface area (Å²) in [6.45, 7) is 8.42. The fourth-order valence-corrected chi connectivity index (χ4v) is 2.35. The van der Waals surface area contributed by atoms with Crippen molar-refractivity contribution in [1.82, 2.24) is 0 Å². The van der Waals surface area contributed by atoms with Crippen molar-refractivity contribution in [2.75, 3.05) is 13.7 Å². The Kier molecular flexibility index (Phi) is 13.5. The molecule has 22 heavy (non-hydrogen) atoms. The third kappa shape index (κ3) is 10.9. The second kappa shape index (κ2) is 12.7. The van der Waals surface area contributed by atoms with Gasteiger partial charge in [-0.05, 0) is 24.7 Å². The van der Waals surface area contributed by atoms with E-state index in [1.54, 1.807) is 0 Å². The monoisotopic (exact) mass is 337 g/mol. The molecule has 0 amide bonds. The zero-order valence-electron chi connectivity index (χ0n) is 14.5. The summed E-state index contributed by atoms with van der Waals surface area (Å²) in [5.41, 5.74) is 5.51. The van der Waals surface area contributed by atoms with Gasteiger partial charge in [0.1, 0.15) is 12.6 Å². The van der Waals surface area contributed by atoms with E-state index in [0.717, 1.165) is 19.3 Å². The van der Waals surface area contributed by atoms with Crippen molar-refractivity contribution < 1.29 is 19.1 Å². The van der Waals surface area contributed by atoms with E-state index in [1.165, 1.54) is 13.5 Å².